The summed E-state index contributed by atoms with van der Waals surface area (Å²) in [7, 11) is 2.26. The molecule has 0 aliphatic carbocycles. The Morgan fingerprint density at radius 2 is 1.75 bits per heavy atom. The highest BCUT2D eigenvalue weighted by Crippen LogP contribution is 2.29. The van der Waals surface area contributed by atoms with Crippen molar-refractivity contribution in [2.75, 3.05) is 26.7 Å². The van der Waals surface area contributed by atoms with Gasteiger partial charge in [0.25, 0.3) is 0 Å². The summed E-state index contributed by atoms with van der Waals surface area (Å²) in [6, 6.07) is 0.406. The number of hydrogen-bond donors (Lipinski definition) is 1. The zero-order valence-corrected chi connectivity index (χ0v) is 13.3. The van der Waals surface area contributed by atoms with Crippen molar-refractivity contribution >= 4 is 5.91 Å². The van der Waals surface area contributed by atoms with Crippen LogP contribution in [0, 0.1) is 11.8 Å². The van der Waals surface area contributed by atoms with Crippen molar-refractivity contribution in [1.29, 1.82) is 0 Å². The lowest BCUT2D eigenvalue weighted by atomic mass is 9.83. The van der Waals surface area contributed by atoms with Crippen molar-refractivity contribution < 1.29 is 4.79 Å². The average Bonchev–Trinajstić information content (AvgIpc) is 2.46. The molecule has 0 bridgehead atoms. The number of nitrogens with two attached hydrogens (primary N) is 1. The number of likely N-dealkylation sites (tertiary alicyclic amines) is 2. The van der Waals surface area contributed by atoms with E-state index in [9.17, 15) is 4.79 Å². The molecule has 2 aliphatic heterocycles. The zero-order valence-electron chi connectivity index (χ0n) is 13.3. The van der Waals surface area contributed by atoms with E-state index < -0.39 is 0 Å². The molecule has 2 aliphatic rings. The molecule has 0 saturated carbocycles. The number of carbonyl (C=O) groups is 1. The van der Waals surface area contributed by atoms with Gasteiger partial charge in [-0.15, -0.1) is 0 Å². The molecular weight excluding hydrogens is 250 g/mol. The molecule has 4 heteroatoms. The Morgan fingerprint density at radius 3 is 2.30 bits per heavy atom. The molecule has 2 saturated heterocycles. The van der Waals surface area contributed by atoms with Crippen LogP contribution in [0.1, 0.15) is 46.0 Å². The monoisotopic (exact) mass is 281 g/mol. The third-order valence-corrected chi connectivity index (χ3v) is 5.23. The van der Waals surface area contributed by atoms with Crippen LogP contribution in [0.3, 0.4) is 0 Å². The van der Waals surface area contributed by atoms with E-state index in [1.54, 1.807) is 0 Å². The molecular formula is C16H31N3O. The number of piperidine rings is 2. The molecule has 116 valence electrons. The highest BCUT2D eigenvalue weighted by molar-refractivity contribution is 5.82. The van der Waals surface area contributed by atoms with E-state index in [-0.39, 0.29) is 17.9 Å². The largest absolute Gasteiger partial charge is 0.341 e. The van der Waals surface area contributed by atoms with Crippen LogP contribution in [0.2, 0.25) is 0 Å². The molecule has 4 nitrogen and oxygen atoms in total. The first-order chi connectivity index (χ1) is 9.50. The van der Waals surface area contributed by atoms with Gasteiger partial charge in [-0.25, -0.2) is 0 Å². The first-order valence-corrected chi connectivity index (χ1v) is 8.25. The van der Waals surface area contributed by atoms with Crippen molar-refractivity contribution in [3.05, 3.63) is 0 Å². The summed E-state index contributed by atoms with van der Waals surface area (Å²) >= 11 is 0. The van der Waals surface area contributed by atoms with Gasteiger partial charge in [-0.3, -0.25) is 4.79 Å². The van der Waals surface area contributed by atoms with E-state index >= 15 is 0 Å². The average molecular weight is 281 g/mol. The van der Waals surface area contributed by atoms with Crippen LogP contribution in [0.5, 0.6) is 0 Å². The number of carbonyl (C=O) groups excluding carboxylic acids is 1. The van der Waals surface area contributed by atoms with Crippen molar-refractivity contribution in [2.24, 2.45) is 17.6 Å². The van der Waals surface area contributed by atoms with Gasteiger partial charge in [0.2, 0.25) is 5.91 Å². The Labute approximate surface area is 123 Å². The summed E-state index contributed by atoms with van der Waals surface area (Å²) in [5, 5.41) is 0. The van der Waals surface area contributed by atoms with Gasteiger partial charge < -0.3 is 15.5 Å². The highest BCUT2D eigenvalue weighted by Gasteiger charge is 2.33. The molecule has 2 N–H and O–H groups in total. The Hall–Kier alpha value is -0.610. The van der Waals surface area contributed by atoms with Gasteiger partial charge in [0, 0.05) is 19.1 Å². The number of hydrogen-bond acceptors (Lipinski definition) is 3. The minimum atomic E-state index is -0.330. The molecule has 2 rings (SSSR count). The van der Waals surface area contributed by atoms with Gasteiger partial charge in [-0.05, 0) is 51.1 Å². The van der Waals surface area contributed by atoms with Crippen molar-refractivity contribution in [2.45, 2.75) is 58.0 Å². The summed E-state index contributed by atoms with van der Waals surface area (Å²) in [6.07, 6.45) is 6.33. The molecule has 20 heavy (non-hydrogen) atoms. The second kappa shape index (κ2) is 6.90. The Morgan fingerprint density at radius 1 is 1.10 bits per heavy atom. The van der Waals surface area contributed by atoms with Crippen molar-refractivity contribution in [1.82, 2.24) is 9.80 Å². The maximum Gasteiger partial charge on any atom is 0.239 e. The van der Waals surface area contributed by atoms with Gasteiger partial charge in [0.15, 0.2) is 0 Å². The van der Waals surface area contributed by atoms with E-state index in [1.165, 1.54) is 25.8 Å². The van der Waals surface area contributed by atoms with Gasteiger partial charge in [0.1, 0.15) is 0 Å². The summed E-state index contributed by atoms with van der Waals surface area (Å²) in [4.78, 5) is 16.8. The lowest BCUT2D eigenvalue weighted by molar-refractivity contribution is -0.135. The minimum absolute atomic E-state index is 0.149. The number of rotatable bonds is 3. The van der Waals surface area contributed by atoms with Crippen LogP contribution in [0.15, 0.2) is 0 Å². The highest BCUT2D eigenvalue weighted by atomic mass is 16.2. The lowest BCUT2D eigenvalue weighted by Crippen LogP contribution is -2.51. The quantitative estimate of drug-likeness (QED) is 0.856. The molecule has 0 radical (unpaired) electrons. The summed E-state index contributed by atoms with van der Waals surface area (Å²) < 4.78 is 0. The SMILES string of the molecule is CC(C)[C@@H](N)C(=O)N1CCC(C2CCCCN2C)CC1. The molecule has 2 atom stereocenters. The van der Waals surface area contributed by atoms with Crippen LogP contribution < -0.4 is 5.73 Å². The first-order valence-electron chi connectivity index (χ1n) is 8.25. The second-order valence-electron chi connectivity index (χ2n) is 6.98. The second-order valence-corrected chi connectivity index (χ2v) is 6.98. The Kier molecular flexibility index (Phi) is 5.44. The third-order valence-electron chi connectivity index (χ3n) is 5.23. The number of amides is 1. The standard InChI is InChI=1S/C16H31N3O/c1-12(2)15(17)16(20)19-10-7-13(8-11-19)14-6-4-5-9-18(14)3/h12-15H,4-11,17H2,1-3H3/t14?,15-/m1/s1. The van der Waals surface area contributed by atoms with Gasteiger partial charge in [-0.1, -0.05) is 20.3 Å². The maximum absolute atomic E-state index is 12.3. The summed E-state index contributed by atoms with van der Waals surface area (Å²) in [5.41, 5.74) is 5.99. The van der Waals surface area contributed by atoms with Crippen LogP contribution in [-0.4, -0.2) is 54.5 Å². The van der Waals surface area contributed by atoms with Crippen LogP contribution >= 0.6 is 0 Å². The topological polar surface area (TPSA) is 49.6 Å². The van der Waals surface area contributed by atoms with Crippen molar-refractivity contribution in [3.8, 4) is 0 Å². The predicted octanol–water partition coefficient (Wildman–Crippen LogP) is 1.69. The van der Waals surface area contributed by atoms with E-state index in [2.05, 4.69) is 11.9 Å². The van der Waals surface area contributed by atoms with Gasteiger partial charge in [0.05, 0.1) is 6.04 Å². The molecule has 0 aromatic heterocycles. The molecule has 0 spiro atoms. The zero-order chi connectivity index (χ0) is 14.7. The van der Waals surface area contributed by atoms with E-state index in [0.717, 1.165) is 37.9 Å². The minimum Gasteiger partial charge on any atom is -0.341 e. The molecule has 0 aromatic rings. The fourth-order valence-electron chi connectivity index (χ4n) is 3.70. The van der Waals surface area contributed by atoms with Crippen LogP contribution in [0.25, 0.3) is 0 Å². The van der Waals surface area contributed by atoms with Gasteiger partial charge in [-0.2, -0.15) is 0 Å². The summed E-state index contributed by atoms with van der Waals surface area (Å²) in [5.74, 6) is 1.14. The van der Waals surface area contributed by atoms with Gasteiger partial charge >= 0.3 is 0 Å². The molecule has 1 amide bonds. The van der Waals surface area contributed by atoms with Crippen LogP contribution in [0.4, 0.5) is 0 Å². The van der Waals surface area contributed by atoms with E-state index in [1.807, 2.05) is 18.7 Å². The smallest absolute Gasteiger partial charge is 0.239 e. The predicted molar refractivity (Wildman–Crippen MR) is 82.4 cm³/mol. The fraction of sp³-hybridized carbons (Fsp3) is 0.938. The fourth-order valence-corrected chi connectivity index (χ4v) is 3.70. The van der Waals surface area contributed by atoms with Crippen LogP contribution in [-0.2, 0) is 4.79 Å². The Balaban J connectivity index is 1.84. The molecule has 2 fully saturated rings. The van der Waals surface area contributed by atoms with E-state index in [4.69, 9.17) is 5.73 Å². The van der Waals surface area contributed by atoms with E-state index in [0.29, 0.717) is 0 Å². The lowest BCUT2D eigenvalue weighted by Gasteiger charge is -2.42. The molecule has 0 aromatic carbocycles. The normalized spacial score (nSPS) is 27.9. The first kappa shape index (κ1) is 15.8. The van der Waals surface area contributed by atoms with Crippen molar-refractivity contribution in [3.63, 3.8) is 0 Å². The third kappa shape index (κ3) is 3.53. The summed E-state index contributed by atoms with van der Waals surface area (Å²) in [6.45, 7) is 7.07. The molecule has 1 unspecified atom stereocenters. The maximum atomic E-state index is 12.3. The number of nitrogens with zero attached hydrogens (tertiary/aromatic N) is 2. The Bertz CT molecular complexity index is 324. The molecule has 2 heterocycles.